The van der Waals surface area contributed by atoms with Gasteiger partial charge < -0.3 is 0 Å². The Bertz CT molecular complexity index is 268. The Hall–Kier alpha value is -0.435. The van der Waals surface area contributed by atoms with Crippen LogP contribution in [-0.2, 0) is 0 Å². The molecule has 1 aromatic carbocycles. The summed E-state index contributed by atoms with van der Waals surface area (Å²) in [6.07, 6.45) is 0. The second-order valence-electron chi connectivity index (χ2n) is 2.64. The van der Waals surface area contributed by atoms with Crippen molar-refractivity contribution in [1.29, 1.82) is 0 Å². The van der Waals surface area contributed by atoms with Gasteiger partial charge in [-0.3, -0.25) is 0 Å². The molecule has 63 valence electrons. The van der Waals surface area contributed by atoms with Gasteiger partial charge in [0.2, 0.25) is 0 Å². The van der Waals surface area contributed by atoms with Crippen LogP contribution in [0.1, 0.15) is 5.56 Å². The molecule has 0 saturated carbocycles. The molecule has 0 bridgehead atoms. The van der Waals surface area contributed by atoms with Crippen molar-refractivity contribution in [1.82, 2.24) is 0 Å². The van der Waals surface area contributed by atoms with Gasteiger partial charge in [-0.2, -0.15) is 0 Å². The van der Waals surface area contributed by atoms with E-state index >= 15 is 0 Å². The van der Waals surface area contributed by atoms with Crippen molar-refractivity contribution >= 4 is 17.0 Å². The standard InChI is InChI=1S/C9H11BFS/c1-8-2-4-9(5-3-8)12(10)7-6-11/h2-5H,6-7H2,1H3. The van der Waals surface area contributed by atoms with E-state index in [1.807, 2.05) is 31.2 Å². The quantitative estimate of drug-likeness (QED) is 0.629. The predicted octanol–water partition coefficient (Wildman–Crippen LogP) is 2.68. The molecule has 0 aliphatic heterocycles. The molecule has 1 atom stereocenters. The SMILES string of the molecule is [B]=S(CCF)c1ccc(C)cc1. The molecule has 0 heterocycles. The van der Waals surface area contributed by atoms with Crippen LogP contribution in [-0.4, -0.2) is 19.1 Å². The van der Waals surface area contributed by atoms with Crippen LogP contribution in [0.5, 0.6) is 0 Å². The molecule has 12 heavy (non-hydrogen) atoms. The minimum atomic E-state index is -0.417. The van der Waals surface area contributed by atoms with Crippen LogP contribution >= 0.6 is 10.3 Å². The van der Waals surface area contributed by atoms with E-state index in [9.17, 15) is 4.39 Å². The third-order valence-electron chi connectivity index (χ3n) is 1.62. The maximum absolute atomic E-state index is 11.9. The zero-order chi connectivity index (χ0) is 8.97. The maximum atomic E-state index is 11.9. The van der Waals surface area contributed by atoms with Crippen LogP contribution in [0.3, 0.4) is 0 Å². The van der Waals surface area contributed by atoms with Gasteiger partial charge in [-0.15, -0.1) is 0 Å². The van der Waals surface area contributed by atoms with Gasteiger partial charge in [-0.05, 0) is 0 Å². The number of alkyl halides is 1. The summed E-state index contributed by atoms with van der Waals surface area (Å²) in [4.78, 5) is 1.04. The van der Waals surface area contributed by atoms with Crippen molar-refractivity contribution in [3.63, 3.8) is 0 Å². The van der Waals surface area contributed by atoms with Crippen molar-refractivity contribution in [2.24, 2.45) is 0 Å². The first-order valence-electron chi connectivity index (χ1n) is 3.82. The molecule has 1 radical (unpaired) electrons. The van der Waals surface area contributed by atoms with Crippen LogP contribution in [0, 0.1) is 6.92 Å². The topological polar surface area (TPSA) is 0 Å². The fraction of sp³-hybridized carbons (Fsp3) is 0.333. The third kappa shape index (κ3) is 2.56. The number of hydrogen-bond donors (Lipinski definition) is 0. The van der Waals surface area contributed by atoms with E-state index in [4.69, 9.17) is 6.72 Å². The fourth-order valence-electron chi connectivity index (χ4n) is 0.914. The van der Waals surface area contributed by atoms with Crippen molar-refractivity contribution in [2.75, 3.05) is 12.4 Å². The molecule has 0 aliphatic rings. The molecule has 0 aliphatic carbocycles. The first-order valence-corrected chi connectivity index (χ1v) is 5.27. The summed E-state index contributed by atoms with van der Waals surface area (Å²) >= 11 is 0. The summed E-state index contributed by atoms with van der Waals surface area (Å²) in [7, 11) is -0.417. The van der Waals surface area contributed by atoms with E-state index in [0.29, 0.717) is 5.75 Å². The zero-order valence-corrected chi connectivity index (χ0v) is 7.90. The molecule has 0 amide bonds. The van der Waals surface area contributed by atoms with Gasteiger partial charge in [-0.1, -0.05) is 0 Å². The predicted molar refractivity (Wildman–Crippen MR) is 53.6 cm³/mol. The molecular weight excluding hydrogens is 170 g/mol. The molecule has 0 aromatic heterocycles. The Balaban J connectivity index is 2.75. The number of aryl methyl sites for hydroxylation is 1. The molecule has 1 rings (SSSR count). The van der Waals surface area contributed by atoms with E-state index in [1.165, 1.54) is 5.56 Å². The first-order chi connectivity index (χ1) is 5.74. The minimum absolute atomic E-state index is 0.340. The average molecular weight is 181 g/mol. The summed E-state index contributed by atoms with van der Waals surface area (Å²) in [6, 6.07) is 7.93. The van der Waals surface area contributed by atoms with Crippen molar-refractivity contribution in [3.8, 4) is 0 Å². The molecule has 1 unspecified atom stereocenters. The van der Waals surface area contributed by atoms with E-state index in [-0.39, 0.29) is 6.67 Å². The average Bonchev–Trinajstić information content (AvgIpc) is 2.06. The Morgan fingerprint density at radius 3 is 2.42 bits per heavy atom. The summed E-state index contributed by atoms with van der Waals surface area (Å²) in [6.45, 7) is 7.42. The number of benzene rings is 1. The molecule has 0 nitrogen and oxygen atoms in total. The van der Waals surface area contributed by atoms with Crippen molar-refractivity contribution < 1.29 is 4.39 Å². The summed E-state index contributed by atoms with van der Waals surface area (Å²) in [5.74, 6) is 0.434. The number of hydrogen-bond acceptors (Lipinski definition) is 0. The van der Waals surface area contributed by atoms with Crippen LogP contribution in [0.15, 0.2) is 29.2 Å². The van der Waals surface area contributed by atoms with Gasteiger partial charge >= 0.3 is 75.5 Å². The van der Waals surface area contributed by atoms with Crippen molar-refractivity contribution in [2.45, 2.75) is 11.8 Å². The van der Waals surface area contributed by atoms with E-state index in [0.717, 1.165) is 4.90 Å². The van der Waals surface area contributed by atoms with E-state index in [1.54, 1.807) is 0 Å². The van der Waals surface area contributed by atoms with Crippen LogP contribution in [0.4, 0.5) is 4.39 Å². The third-order valence-corrected chi connectivity index (χ3v) is 3.09. The number of halogens is 1. The molecule has 0 saturated heterocycles. The monoisotopic (exact) mass is 181 g/mol. The van der Waals surface area contributed by atoms with Gasteiger partial charge in [0, 0.05) is 0 Å². The molecule has 0 N–H and O–H groups in total. The van der Waals surface area contributed by atoms with Crippen LogP contribution < -0.4 is 0 Å². The van der Waals surface area contributed by atoms with Crippen LogP contribution in [0.25, 0.3) is 0 Å². The van der Waals surface area contributed by atoms with Gasteiger partial charge in [0.1, 0.15) is 0 Å². The molecule has 3 heteroatoms. The summed E-state index contributed by atoms with van der Waals surface area (Å²) in [5.41, 5.74) is 1.20. The normalized spacial score (nSPS) is 12.8. The molecule has 0 spiro atoms. The molecular formula is C9H11BFS. The summed E-state index contributed by atoms with van der Waals surface area (Å²) < 4.78 is 11.9. The Morgan fingerprint density at radius 1 is 1.33 bits per heavy atom. The molecule has 1 aromatic rings. The van der Waals surface area contributed by atoms with Gasteiger partial charge in [-0.25, -0.2) is 0 Å². The zero-order valence-electron chi connectivity index (χ0n) is 7.09. The fourth-order valence-corrected chi connectivity index (χ4v) is 1.80. The Labute approximate surface area is 76.0 Å². The second kappa shape index (κ2) is 4.56. The summed E-state index contributed by atoms with van der Waals surface area (Å²) in [5, 5.41) is 0. The first kappa shape index (κ1) is 9.65. The van der Waals surface area contributed by atoms with Gasteiger partial charge in [0.15, 0.2) is 0 Å². The van der Waals surface area contributed by atoms with E-state index in [2.05, 4.69) is 0 Å². The van der Waals surface area contributed by atoms with Gasteiger partial charge in [0.25, 0.3) is 0 Å². The molecule has 0 fully saturated rings. The second-order valence-corrected chi connectivity index (χ2v) is 4.37. The van der Waals surface area contributed by atoms with E-state index < -0.39 is 10.3 Å². The van der Waals surface area contributed by atoms with Crippen molar-refractivity contribution in [3.05, 3.63) is 29.8 Å². The number of rotatable bonds is 3. The van der Waals surface area contributed by atoms with Crippen LogP contribution in [0.2, 0.25) is 0 Å². The Kier molecular flexibility index (Phi) is 3.66. The Morgan fingerprint density at radius 2 is 1.92 bits per heavy atom. The van der Waals surface area contributed by atoms with Gasteiger partial charge in [0.05, 0.1) is 0 Å².